The molecule has 1 aromatic rings. The van der Waals surface area contributed by atoms with Crippen molar-refractivity contribution in [2.45, 2.75) is 57.3 Å². The fraction of sp³-hybridized carbons (Fsp3) is 0.579. The zero-order chi connectivity index (χ0) is 16.6. The van der Waals surface area contributed by atoms with Gasteiger partial charge in [-0.15, -0.1) is 0 Å². The molecule has 2 heterocycles. The molecule has 1 saturated carbocycles. The van der Waals surface area contributed by atoms with E-state index in [1.165, 1.54) is 24.1 Å². The molecule has 1 saturated heterocycles. The molecule has 2 fully saturated rings. The number of ether oxygens (including phenoxy) is 2. The van der Waals surface area contributed by atoms with Gasteiger partial charge in [0.05, 0.1) is 23.5 Å². The highest BCUT2D eigenvalue weighted by Crippen LogP contribution is 2.42. The Labute approximate surface area is 143 Å². The Morgan fingerprint density at radius 3 is 2.83 bits per heavy atom. The number of fused-ring (bicyclic) bond motifs is 1. The zero-order valence-corrected chi connectivity index (χ0v) is 14.4. The summed E-state index contributed by atoms with van der Waals surface area (Å²) in [5.41, 5.74) is 11.3. The Morgan fingerprint density at radius 1 is 1.25 bits per heavy atom. The Bertz CT molecular complexity index is 646. The highest BCUT2D eigenvalue weighted by atomic mass is 16.7. The maximum absolute atomic E-state index is 6.13. The van der Waals surface area contributed by atoms with E-state index in [0.717, 1.165) is 49.4 Å². The van der Waals surface area contributed by atoms with Crippen LogP contribution in [0.1, 0.15) is 45.4 Å². The van der Waals surface area contributed by atoms with Crippen molar-refractivity contribution in [3.63, 3.8) is 0 Å². The molecule has 5 heteroatoms. The van der Waals surface area contributed by atoms with Crippen molar-refractivity contribution in [2.24, 2.45) is 0 Å². The third kappa shape index (κ3) is 2.98. The predicted molar refractivity (Wildman–Crippen MR) is 96.9 cm³/mol. The van der Waals surface area contributed by atoms with E-state index in [0.29, 0.717) is 6.61 Å². The van der Waals surface area contributed by atoms with Gasteiger partial charge in [-0.05, 0) is 69.2 Å². The van der Waals surface area contributed by atoms with Crippen molar-refractivity contribution in [3.8, 4) is 0 Å². The van der Waals surface area contributed by atoms with Crippen LogP contribution in [0.25, 0.3) is 0 Å². The van der Waals surface area contributed by atoms with Crippen molar-refractivity contribution in [3.05, 3.63) is 29.5 Å². The minimum atomic E-state index is -0.264. The topological polar surface area (TPSA) is 68.5 Å². The SMILES string of the molecule is CC1(COC2CCCCO2)Nc2ccc(N)cc2NC1=C1CCC1. The lowest BCUT2D eigenvalue weighted by molar-refractivity contribution is -0.167. The molecule has 0 radical (unpaired) electrons. The van der Waals surface area contributed by atoms with Gasteiger partial charge in [0.1, 0.15) is 0 Å². The van der Waals surface area contributed by atoms with Crippen LogP contribution in [0.15, 0.2) is 29.5 Å². The van der Waals surface area contributed by atoms with Crippen molar-refractivity contribution >= 4 is 17.1 Å². The first kappa shape index (κ1) is 15.8. The molecule has 2 atom stereocenters. The second-order valence-electron chi connectivity index (χ2n) is 7.33. The van der Waals surface area contributed by atoms with Gasteiger partial charge in [-0.25, -0.2) is 0 Å². The van der Waals surface area contributed by atoms with Crippen LogP contribution < -0.4 is 16.4 Å². The first-order chi connectivity index (χ1) is 11.6. The number of nitrogen functional groups attached to an aromatic ring is 1. The molecule has 0 spiro atoms. The smallest absolute Gasteiger partial charge is 0.157 e. The van der Waals surface area contributed by atoms with Crippen molar-refractivity contribution in [2.75, 3.05) is 29.6 Å². The summed E-state index contributed by atoms with van der Waals surface area (Å²) in [6.07, 6.45) is 6.84. The fourth-order valence-electron chi connectivity index (χ4n) is 3.70. The predicted octanol–water partition coefficient (Wildman–Crippen LogP) is 3.85. The summed E-state index contributed by atoms with van der Waals surface area (Å²) in [4.78, 5) is 0. The molecule has 1 aliphatic carbocycles. The summed E-state index contributed by atoms with van der Waals surface area (Å²) in [5, 5.41) is 7.32. The molecule has 0 amide bonds. The average Bonchev–Trinajstić information content (AvgIpc) is 2.54. The standard InChI is InChI=1S/C19H27N3O2/c1-19(12-24-17-7-2-3-10-23-17)18(13-5-4-6-13)21-16-11-14(20)8-9-15(16)22-19/h8-9,11,17,21-22H,2-7,10,12,20H2,1H3. The molecule has 130 valence electrons. The van der Waals surface area contributed by atoms with Gasteiger partial charge in [0.2, 0.25) is 0 Å². The van der Waals surface area contributed by atoms with Crippen LogP contribution in [-0.4, -0.2) is 25.0 Å². The number of nitrogens with two attached hydrogens (primary N) is 1. The van der Waals surface area contributed by atoms with Crippen molar-refractivity contribution in [1.82, 2.24) is 0 Å². The minimum Gasteiger partial charge on any atom is -0.399 e. The molecule has 4 N–H and O–H groups in total. The second-order valence-corrected chi connectivity index (χ2v) is 7.33. The summed E-state index contributed by atoms with van der Waals surface area (Å²) in [6, 6.07) is 5.96. The van der Waals surface area contributed by atoms with E-state index in [-0.39, 0.29) is 11.8 Å². The normalized spacial score (nSPS) is 29.3. The van der Waals surface area contributed by atoms with Crippen LogP contribution in [0.3, 0.4) is 0 Å². The van der Waals surface area contributed by atoms with E-state index < -0.39 is 0 Å². The molecule has 5 nitrogen and oxygen atoms in total. The van der Waals surface area contributed by atoms with Crippen LogP contribution in [0.2, 0.25) is 0 Å². The maximum Gasteiger partial charge on any atom is 0.157 e. The van der Waals surface area contributed by atoms with E-state index in [9.17, 15) is 0 Å². The van der Waals surface area contributed by atoms with Crippen molar-refractivity contribution in [1.29, 1.82) is 0 Å². The third-order valence-corrected chi connectivity index (χ3v) is 5.27. The van der Waals surface area contributed by atoms with Crippen molar-refractivity contribution < 1.29 is 9.47 Å². The van der Waals surface area contributed by atoms with E-state index in [1.807, 2.05) is 18.2 Å². The Kier molecular flexibility index (Phi) is 4.14. The van der Waals surface area contributed by atoms with Crippen LogP contribution in [0.5, 0.6) is 0 Å². The van der Waals surface area contributed by atoms with Gasteiger partial charge < -0.3 is 25.8 Å². The van der Waals surface area contributed by atoms with Gasteiger partial charge in [0.25, 0.3) is 0 Å². The molecular weight excluding hydrogens is 302 g/mol. The monoisotopic (exact) mass is 329 g/mol. The van der Waals surface area contributed by atoms with Gasteiger partial charge in [-0.1, -0.05) is 0 Å². The molecule has 24 heavy (non-hydrogen) atoms. The second kappa shape index (κ2) is 6.30. The lowest BCUT2D eigenvalue weighted by Gasteiger charge is -2.43. The van der Waals surface area contributed by atoms with E-state index >= 15 is 0 Å². The van der Waals surface area contributed by atoms with Gasteiger partial charge in [0.15, 0.2) is 6.29 Å². The number of rotatable bonds is 3. The van der Waals surface area contributed by atoms with E-state index in [2.05, 4.69) is 17.6 Å². The maximum atomic E-state index is 6.13. The van der Waals surface area contributed by atoms with Crippen LogP contribution in [0, 0.1) is 0 Å². The number of hydrogen-bond acceptors (Lipinski definition) is 5. The molecule has 0 aromatic heterocycles. The van der Waals surface area contributed by atoms with Gasteiger partial charge >= 0.3 is 0 Å². The summed E-state index contributed by atoms with van der Waals surface area (Å²) < 4.78 is 11.9. The number of hydrogen-bond donors (Lipinski definition) is 3. The van der Waals surface area contributed by atoms with Gasteiger partial charge in [-0.3, -0.25) is 0 Å². The Morgan fingerprint density at radius 2 is 2.12 bits per heavy atom. The number of allylic oxidation sites excluding steroid dienone is 1. The van der Waals surface area contributed by atoms with Gasteiger partial charge in [-0.2, -0.15) is 0 Å². The molecule has 1 aromatic carbocycles. The lowest BCUT2D eigenvalue weighted by atomic mass is 9.82. The molecular formula is C19H27N3O2. The highest BCUT2D eigenvalue weighted by Gasteiger charge is 2.38. The first-order valence-electron chi connectivity index (χ1n) is 9.04. The summed E-state index contributed by atoms with van der Waals surface area (Å²) in [5.74, 6) is 0. The largest absolute Gasteiger partial charge is 0.399 e. The molecule has 2 aliphatic heterocycles. The quantitative estimate of drug-likeness (QED) is 0.735. The summed E-state index contributed by atoms with van der Waals surface area (Å²) >= 11 is 0. The Balaban J connectivity index is 1.57. The molecule has 3 aliphatic rings. The van der Waals surface area contributed by atoms with Crippen LogP contribution in [0.4, 0.5) is 17.1 Å². The Hall–Kier alpha value is -1.72. The number of nitrogens with one attached hydrogen (secondary N) is 2. The zero-order valence-electron chi connectivity index (χ0n) is 14.4. The highest BCUT2D eigenvalue weighted by molar-refractivity contribution is 5.79. The summed E-state index contributed by atoms with van der Waals surface area (Å²) in [7, 11) is 0. The van der Waals surface area contributed by atoms with Gasteiger partial charge in [0, 0.05) is 18.0 Å². The molecule has 2 unspecified atom stereocenters. The fourth-order valence-corrected chi connectivity index (χ4v) is 3.70. The van der Waals surface area contributed by atoms with E-state index in [1.54, 1.807) is 0 Å². The average molecular weight is 329 g/mol. The first-order valence-corrected chi connectivity index (χ1v) is 9.04. The molecule has 0 bridgehead atoms. The summed E-state index contributed by atoms with van der Waals surface area (Å²) in [6.45, 7) is 3.61. The lowest BCUT2D eigenvalue weighted by Crippen LogP contribution is -2.49. The van der Waals surface area contributed by atoms with Crippen LogP contribution >= 0.6 is 0 Å². The number of benzene rings is 1. The molecule has 4 rings (SSSR count). The van der Waals surface area contributed by atoms with E-state index in [4.69, 9.17) is 15.2 Å². The third-order valence-electron chi connectivity index (χ3n) is 5.27. The van der Waals surface area contributed by atoms with Crippen LogP contribution in [-0.2, 0) is 9.47 Å². The minimum absolute atomic E-state index is 0.0715. The number of anilines is 3.